The van der Waals surface area contributed by atoms with Gasteiger partial charge in [0.1, 0.15) is 5.75 Å². The smallest absolute Gasteiger partial charge is 0.280 e. The molecule has 1 amide bonds. The molecule has 6 N–H and O–H groups in total. The van der Waals surface area contributed by atoms with E-state index in [1.54, 1.807) is 24.3 Å². The van der Waals surface area contributed by atoms with E-state index in [0.29, 0.717) is 36.9 Å². The van der Waals surface area contributed by atoms with Crippen molar-refractivity contribution in [3.05, 3.63) is 73.5 Å². The number of aromatic nitrogens is 2. The van der Waals surface area contributed by atoms with Gasteiger partial charge in [0, 0.05) is 28.1 Å². The number of hydrogen-bond donors (Lipinski definition) is 4. The topological polar surface area (TPSA) is 141 Å². The molecule has 34 heavy (non-hydrogen) atoms. The second-order valence-corrected chi connectivity index (χ2v) is 8.99. The van der Waals surface area contributed by atoms with Crippen LogP contribution in [0.25, 0.3) is 0 Å². The molecule has 0 aliphatic carbocycles. The number of nitrogens with zero attached hydrogens (tertiary/aromatic N) is 3. The average molecular weight is 614 g/mol. The summed E-state index contributed by atoms with van der Waals surface area (Å²) in [5.41, 5.74) is 12.6. The number of hydrogen-bond acceptors (Lipinski definition) is 7. The first kappa shape index (κ1) is 25.8. The average Bonchev–Trinajstić information content (AvgIpc) is 2.81. The maximum atomic E-state index is 12.5. The zero-order chi connectivity index (χ0) is 24.5. The van der Waals surface area contributed by atoms with Crippen molar-refractivity contribution >= 4 is 69.3 Å². The predicted octanol–water partition coefficient (Wildman–Crippen LogP) is 4.10. The van der Waals surface area contributed by atoms with Crippen molar-refractivity contribution in [2.45, 2.75) is 13.0 Å². The molecule has 178 valence electrons. The van der Waals surface area contributed by atoms with Gasteiger partial charge in [-0.05, 0) is 64.6 Å². The maximum Gasteiger partial charge on any atom is 0.280 e. The van der Waals surface area contributed by atoms with E-state index in [2.05, 4.69) is 48.2 Å². The number of aliphatic imine (C=N–C) groups is 1. The molecule has 0 spiro atoms. The third kappa shape index (κ3) is 7.89. The molecule has 3 aromatic rings. The number of carbonyl (C=O) groups is 1. The number of nitrogen functional groups attached to an aromatic ring is 1. The summed E-state index contributed by atoms with van der Waals surface area (Å²) < 4.78 is 6.71. The van der Waals surface area contributed by atoms with E-state index in [9.17, 15) is 4.79 Å². The number of benzene rings is 2. The summed E-state index contributed by atoms with van der Waals surface area (Å²) in [6, 6.07) is 15.0. The Morgan fingerprint density at radius 2 is 1.79 bits per heavy atom. The summed E-state index contributed by atoms with van der Waals surface area (Å²) in [5, 5.41) is 6.15. The highest BCUT2D eigenvalue weighted by Gasteiger charge is 2.17. The Balaban J connectivity index is 1.49. The second-order valence-electron chi connectivity index (χ2n) is 6.95. The Kier molecular flexibility index (Phi) is 9.54. The van der Waals surface area contributed by atoms with Gasteiger partial charge in [0.2, 0.25) is 0 Å². The number of nitrogens with one attached hydrogen (secondary N) is 2. The summed E-state index contributed by atoms with van der Waals surface area (Å²) in [7, 11) is 0. The van der Waals surface area contributed by atoms with Gasteiger partial charge in [0.25, 0.3) is 5.91 Å². The number of carbonyl (C=O) groups excluding carboxylic acids is 1. The quantitative estimate of drug-likeness (QED) is 0.123. The largest absolute Gasteiger partial charge is 0.494 e. The molecule has 0 aliphatic rings. The molecule has 2 aromatic carbocycles. The Hall–Kier alpha value is -2.83. The molecule has 0 atom stereocenters. The van der Waals surface area contributed by atoms with E-state index >= 15 is 0 Å². The van der Waals surface area contributed by atoms with Gasteiger partial charge in [-0.3, -0.25) is 15.1 Å². The molecule has 9 nitrogen and oxygen atoms in total. The van der Waals surface area contributed by atoms with Crippen LogP contribution in [0.2, 0.25) is 10.2 Å². The van der Waals surface area contributed by atoms with Crippen LogP contribution in [0.5, 0.6) is 5.75 Å². The van der Waals surface area contributed by atoms with Crippen LogP contribution >= 0.6 is 45.8 Å². The van der Waals surface area contributed by atoms with Crippen LogP contribution in [0.4, 0.5) is 11.6 Å². The van der Waals surface area contributed by atoms with Crippen molar-refractivity contribution < 1.29 is 9.53 Å². The molecule has 12 heteroatoms. The van der Waals surface area contributed by atoms with Crippen molar-refractivity contribution in [2.75, 3.05) is 24.2 Å². The molecule has 1 aromatic heterocycles. The van der Waals surface area contributed by atoms with Gasteiger partial charge >= 0.3 is 0 Å². The fourth-order valence-corrected chi connectivity index (χ4v) is 3.37. The van der Waals surface area contributed by atoms with Crippen LogP contribution in [0.1, 0.15) is 22.5 Å². The van der Waals surface area contributed by atoms with Gasteiger partial charge in [-0.2, -0.15) is 0 Å². The molecule has 1 heterocycles. The minimum absolute atomic E-state index is 0.0136. The lowest BCUT2D eigenvalue weighted by atomic mass is 10.2. The first-order chi connectivity index (χ1) is 16.3. The van der Waals surface area contributed by atoms with Gasteiger partial charge in [-0.15, -0.1) is 0 Å². The molecule has 0 radical (unpaired) electrons. The predicted molar refractivity (Wildman–Crippen MR) is 143 cm³/mol. The van der Waals surface area contributed by atoms with Gasteiger partial charge < -0.3 is 21.5 Å². The van der Waals surface area contributed by atoms with Gasteiger partial charge in [-0.1, -0.05) is 35.3 Å². The fourth-order valence-electron chi connectivity index (χ4n) is 2.70. The van der Waals surface area contributed by atoms with Crippen LogP contribution in [0.15, 0.2) is 53.5 Å². The molecular formula is C22H22Cl2IN7O2. The highest BCUT2D eigenvalue weighted by atomic mass is 127. The van der Waals surface area contributed by atoms with E-state index in [1.165, 1.54) is 0 Å². The minimum Gasteiger partial charge on any atom is -0.494 e. The van der Waals surface area contributed by atoms with E-state index < -0.39 is 5.91 Å². The molecule has 0 bridgehead atoms. The zero-order valence-corrected chi connectivity index (χ0v) is 21.6. The van der Waals surface area contributed by atoms with Crippen molar-refractivity contribution in [1.82, 2.24) is 15.3 Å². The van der Waals surface area contributed by atoms with Crippen LogP contribution in [0, 0.1) is 3.57 Å². The molecule has 0 unspecified atom stereocenters. The number of amides is 1. The number of halogens is 3. The van der Waals surface area contributed by atoms with Crippen molar-refractivity contribution in [2.24, 2.45) is 10.7 Å². The standard InChI is InChI=1S/C22H22Cl2IN7O2/c23-14-4-8-16(9-5-14)34-11-1-10-28-22(27)32-21(33)17-19(26)31-20(18(24)30-17)29-12-13-2-6-15(25)7-3-13/h2-9H,1,10-12H2,(H3,26,29,31)(H3,27,28,32,33). The summed E-state index contributed by atoms with van der Waals surface area (Å²) in [4.78, 5) is 24.8. The Bertz CT molecular complexity index is 1160. The molecule has 0 aliphatic heterocycles. The molecule has 0 saturated carbocycles. The lowest BCUT2D eigenvalue weighted by Gasteiger charge is -2.11. The van der Waals surface area contributed by atoms with Gasteiger partial charge in [0.15, 0.2) is 28.4 Å². The zero-order valence-electron chi connectivity index (χ0n) is 17.9. The van der Waals surface area contributed by atoms with Crippen LogP contribution in [-0.4, -0.2) is 35.0 Å². The number of rotatable bonds is 9. The third-order valence-electron chi connectivity index (χ3n) is 4.38. The van der Waals surface area contributed by atoms with E-state index in [1.807, 2.05) is 24.3 Å². The van der Waals surface area contributed by atoms with E-state index in [4.69, 9.17) is 39.4 Å². The normalized spacial score (nSPS) is 11.2. The highest BCUT2D eigenvalue weighted by Crippen LogP contribution is 2.21. The lowest BCUT2D eigenvalue weighted by Crippen LogP contribution is -2.38. The fraction of sp³-hybridized carbons (Fsp3) is 0.182. The molecule has 0 saturated heterocycles. The summed E-state index contributed by atoms with van der Waals surface area (Å²) in [6.07, 6.45) is 0.591. The first-order valence-electron chi connectivity index (χ1n) is 10.1. The lowest BCUT2D eigenvalue weighted by molar-refractivity contribution is 0.0972. The molecule has 3 rings (SSSR count). The second kappa shape index (κ2) is 12.6. The Labute approximate surface area is 220 Å². The Morgan fingerprint density at radius 1 is 1.09 bits per heavy atom. The van der Waals surface area contributed by atoms with Crippen LogP contribution in [0.3, 0.4) is 0 Å². The number of anilines is 2. The highest BCUT2D eigenvalue weighted by molar-refractivity contribution is 14.1. The van der Waals surface area contributed by atoms with Gasteiger partial charge in [-0.25, -0.2) is 9.97 Å². The van der Waals surface area contributed by atoms with Crippen LogP contribution < -0.4 is 26.8 Å². The maximum absolute atomic E-state index is 12.5. The monoisotopic (exact) mass is 613 g/mol. The SMILES string of the molecule is NC(=NCCCOc1ccc(Cl)cc1)NC(=O)c1nc(Cl)c(NCc2ccc(I)cc2)nc1N. The summed E-state index contributed by atoms with van der Waals surface area (Å²) in [6.45, 7) is 1.25. The minimum atomic E-state index is -0.658. The summed E-state index contributed by atoms with van der Waals surface area (Å²) >= 11 is 14.3. The molecule has 0 fully saturated rings. The van der Waals surface area contributed by atoms with Crippen LogP contribution in [-0.2, 0) is 6.54 Å². The number of nitrogens with two attached hydrogens (primary N) is 2. The molecular weight excluding hydrogens is 592 g/mol. The Morgan fingerprint density at radius 3 is 2.50 bits per heavy atom. The summed E-state index contributed by atoms with van der Waals surface area (Å²) in [5.74, 6) is 0.161. The first-order valence-corrected chi connectivity index (χ1v) is 12.0. The number of ether oxygens (including phenoxy) is 1. The van der Waals surface area contributed by atoms with Crippen molar-refractivity contribution in [1.29, 1.82) is 0 Å². The van der Waals surface area contributed by atoms with Crippen molar-refractivity contribution in [3.8, 4) is 5.75 Å². The van der Waals surface area contributed by atoms with E-state index in [-0.39, 0.29) is 28.4 Å². The van der Waals surface area contributed by atoms with Crippen molar-refractivity contribution in [3.63, 3.8) is 0 Å². The third-order valence-corrected chi connectivity index (χ3v) is 5.61. The number of guanidine groups is 1. The van der Waals surface area contributed by atoms with Gasteiger partial charge in [0.05, 0.1) is 6.61 Å². The van der Waals surface area contributed by atoms with E-state index in [0.717, 1.165) is 9.13 Å².